The highest BCUT2D eigenvalue weighted by molar-refractivity contribution is 6.33. The van der Waals surface area contributed by atoms with Gasteiger partial charge in [-0.3, -0.25) is 4.90 Å². The second-order valence-corrected chi connectivity index (χ2v) is 7.45. The van der Waals surface area contributed by atoms with Crippen molar-refractivity contribution in [2.75, 3.05) is 31.1 Å². The first-order valence-corrected chi connectivity index (χ1v) is 9.70. The lowest BCUT2D eigenvalue weighted by molar-refractivity contribution is 0.174. The highest BCUT2D eigenvalue weighted by atomic mass is 35.5. The molecule has 27 heavy (non-hydrogen) atoms. The summed E-state index contributed by atoms with van der Waals surface area (Å²) in [6.07, 6.45) is 0. The van der Waals surface area contributed by atoms with E-state index in [4.69, 9.17) is 27.6 Å². The van der Waals surface area contributed by atoms with E-state index in [0.29, 0.717) is 16.8 Å². The molecule has 5 nitrogen and oxygen atoms in total. The van der Waals surface area contributed by atoms with Gasteiger partial charge < -0.3 is 9.32 Å². The standard InChI is InChI=1S/C20H20Cl2N4O/c1-14(19-23-24-20(27-19)15-5-4-6-16(21)13-15)25-9-11-26(12-10-25)18-8-3-2-7-17(18)22/h2-8,13-14H,9-12H2,1H3/t14-/m0/s1. The van der Waals surface area contributed by atoms with Gasteiger partial charge in [-0.05, 0) is 37.3 Å². The van der Waals surface area contributed by atoms with Crippen molar-refractivity contribution < 1.29 is 4.42 Å². The number of hydrogen-bond acceptors (Lipinski definition) is 5. The van der Waals surface area contributed by atoms with E-state index in [0.717, 1.165) is 42.5 Å². The fraction of sp³-hybridized carbons (Fsp3) is 0.300. The van der Waals surface area contributed by atoms with E-state index in [1.165, 1.54) is 0 Å². The third kappa shape index (κ3) is 3.95. The van der Waals surface area contributed by atoms with Crippen molar-refractivity contribution >= 4 is 28.9 Å². The minimum absolute atomic E-state index is 0.0545. The first-order chi connectivity index (χ1) is 13.1. The van der Waals surface area contributed by atoms with E-state index in [-0.39, 0.29) is 6.04 Å². The number of hydrogen-bond donors (Lipinski definition) is 0. The van der Waals surface area contributed by atoms with Gasteiger partial charge in [0.25, 0.3) is 0 Å². The molecule has 0 unspecified atom stereocenters. The second kappa shape index (κ2) is 7.89. The van der Waals surface area contributed by atoms with Crippen molar-refractivity contribution in [1.82, 2.24) is 15.1 Å². The van der Waals surface area contributed by atoms with E-state index in [2.05, 4.69) is 33.0 Å². The lowest BCUT2D eigenvalue weighted by Crippen LogP contribution is -2.47. The van der Waals surface area contributed by atoms with Crippen LogP contribution in [-0.4, -0.2) is 41.3 Å². The molecule has 1 atom stereocenters. The Balaban J connectivity index is 1.43. The van der Waals surface area contributed by atoms with Crippen molar-refractivity contribution in [3.63, 3.8) is 0 Å². The van der Waals surface area contributed by atoms with Crippen molar-refractivity contribution in [2.45, 2.75) is 13.0 Å². The zero-order valence-corrected chi connectivity index (χ0v) is 16.5. The maximum absolute atomic E-state index is 6.33. The second-order valence-electron chi connectivity index (χ2n) is 6.61. The Bertz CT molecular complexity index is 922. The number of piperazine rings is 1. The van der Waals surface area contributed by atoms with Gasteiger partial charge in [0, 0.05) is 36.8 Å². The predicted molar refractivity (Wildman–Crippen MR) is 108 cm³/mol. The number of para-hydroxylation sites is 1. The Morgan fingerprint density at radius 2 is 1.74 bits per heavy atom. The minimum atomic E-state index is 0.0545. The van der Waals surface area contributed by atoms with Crippen molar-refractivity contribution in [2.24, 2.45) is 0 Å². The van der Waals surface area contributed by atoms with Gasteiger partial charge in [-0.1, -0.05) is 41.4 Å². The molecule has 0 N–H and O–H groups in total. The van der Waals surface area contributed by atoms with Crippen LogP contribution in [0.5, 0.6) is 0 Å². The number of halogens is 2. The Kier molecular flexibility index (Phi) is 5.34. The largest absolute Gasteiger partial charge is 0.419 e. The summed E-state index contributed by atoms with van der Waals surface area (Å²) < 4.78 is 5.91. The van der Waals surface area contributed by atoms with Gasteiger partial charge in [-0.2, -0.15) is 0 Å². The summed E-state index contributed by atoms with van der Waals surface area (Å²) in [5, 5.41) is 9.88. The van der Waals surface area contributed by atoms with Crippen LogP contribution in [0, 0.1) is 0 Å². The molecule has 3 aromatic rings. The van der Waals surface area contributed by atoms with Gasteiger partial charge in [0.1, 0.15) is 0 Å². The fourth-order valence-electron chi connectivity index (χ4n) is 3.36. The number of rotatable bonds is 4. The van der Waals surface area contributed by atoms with Crippen LogP contribution in [0.4, 0.5) is 5.69 Å². The van der Waals surface area contributed by atoms with Gasteiger partial charge in [-0.25, -0.2) is 0 Å². The zero-order valence-electron chi connectivity index (χ0n) is 15.0. The van der Waals surface area contributed by atoms with Crippen molar-refractivity contribution in [3.05, 3.63) is 64.5 Å². The quantitative estimate of drug-likeness (QED) is 0.618. The number of benzene rings is 2. The lowest BCUT2D eigenvalue weighted by atomic mass is 10.2. The molecule has 1 aromatic heterocycles. The summed E-state index contributed by atoms with van der Waals surface area (Å²) in [6.45, 7) is 5.72. The highest BCUT2D eigenvalue weighted by Gasteiger charge is 2.26. The summed E-state index contributed by atoms with van der Waals surface area (Å²) in [7, 11) is 0. The molecule has 1 saturated heterocycles. The van der Waals surface area contributed by atoms with Gasteiger partial charge in [0.2, 0.25) is 11.8 Å². The Morgan fingerprint density at radius 3 is 2.48 bits per heavy atom. The molecule has 140 valence electrons. The molecule has 2 heterocycles. The summed E-state index contributed by atoms with van der Waals surface area (Å²) in [5.41, 5.74) is 1.92. The normalized spacial score (nSPS) is 16.5. The predicted octanol–water partition coefficient (Wildman–Crippen LogP) is 4.93. The summed E-state index contributed by atoms with van der Waals surface area (Å²) in [4.78, 5) is 4.67. The van der Waals surface area contributed by atoms with Crippen LogP contribution in [-0.2, 0) is 0 Å². The number of anilines is 1. The number of nitrogens with zero attached hydrogens (tertiary/aromatic N) is 4. The van der Waals surface area contributed by atoms with Crippen LogP contribution >= 0.6 is 23.2 Å². The zero-order chi connectivity index (χ0) is 18.8. The SMILES string of the molecule is C[C@@H](c1nnc(-c2cccc(Cl)c2)o1)N1CCN(c2ccccc2Cl)CC1. The molecule has 0 bridgehead atoms. The van der Waals surface area contributed by atoms with E-state index in [1.54, 1.807) is 0 Å². The molecule has 1 fully saturated rings. The van der Waals surface area contributed by atoms with E-state index >= 15 is 0 Å². The van der Waals surface area contributed by atoms with Crippen LogP contribution in [0.1, 0.15) is 18.9 Å². The highest BCUT2D eigenvalue weighted by Crippen LogP contribution is 2.29. The first kappa shape index (κ1) is 18.3. The van der Waals surface area contributed by atoms with E-state index < -0.39 is 0 Å². The average molecular weight is 403 g/mol. The molecule has 2 aromatic carbocycles. The molecule has 7 heteroatoms. The van der Waals surface area contributed by atoms with Gasteiger partial charge in [-0.15, -0.1) is 10.2 Å². The Morgan fingerprint density at radius 1 is 0.963 bits per heavy atom. The molecule has 4 rings (SSSR count). The molecule has 1 aliphatic rings. The maximum atomic E-state index is 6.33. The average Bonchev–Trinajstić information content (AvgIpc) is 3.18. The Hall–Kier alpha value is -2.08. The summed E-state index contributed by atoms with van der Waals surface area (Å²) in [6, 6.07) is 15.5. The summed E-state index contributed by atoms with van der Waals surface area (Å²) in [5.74, 6) is 1.12. The third-order valence-electron chi connectivity index (χ3n) is 4.92. The van der Waals surface area contributed by atoms with Crippen molar-refractivity contribution in [1.29, 1.82) is 0 Å². The smallest absolute Gasteiger partial charge is 0.247 e. The Labute approximate surface area is 168 Å². The van der Waals surface area contributed by atoms with Crippen LogP contribution in [0.3, 0.4) is 0 Å². The fourth-order valence-corrected chi connectivity index (χ4v) is 3.80. The van der Waals surface area contributed by atoms with Gasteiger partial charge in [0.15, 0.2) is 0 Å². The number of aromatic nitrogens is 2. The molecule has 0 amide bonds. The lowest BCUT2D eigenvalue weighted by Gasteiger charge is -2.38. The third-order valence-corrected chi connectivity index (χ3v) is 5.48. The van der Waals surface area contributed by atoms with Crippen molar-refractivity contribution in [3.8, 4) is 11.5 Å². The van der Waals surface area contributed by atoms with Crippen LogP contribution in [0.2, 0.25) is 10.0 Å². The topological polar surface area (TPSA) is 45.4 Å². The van der Waals surface area contributed by atoms with Gasteiger partial charge >= 0.3 is 0 Å². The van der Waals surface area contributed by atoms with Crippen LogP contribution in [0.25, 0.3) is 11.5 Å². The maximum Gasteiger partial charge on any atom is 0.247 e. The molecule has 0 spiro atoms. The van der Waals surface area contributed by atoms with E-state index in [9.17, 15) is 0 Å². The molecular weight excluding hydrogens is 383 g/mol. The molecule has 0 aliphatic carbocycles. The van der Waals surface area contributed by atoms with E-state index in [1.807, 2.05) is 42.5 Å². The monoisotopic (exact) mass is 402 g/mol. The molecular formula is C20H20Cl2N4O. The van der Waals surface area contributed by atoms with Crippen LogP contribution < -0.4 is 4.90 Å². The molecule has 0 radical (unpaired) electrons. The van der Waals surface area contributed by atoms with Crippen LogP contribution in [0.15, 0.2) is 52.9 Å². The first-order valence-electron chi connectivity index (χ1n) is 8.94. The molecule has 0 saturated carbocycles. The summed E-state index contributed by atoms with van der Waals surface area (Å²) >= 11 is 12.4. The minimum Gasteiger partial charge on any atom is -0.419 e. The van der Waals surface area contributed by atoms with Gasteiger partial charge in [0.05, 0.1) is 16.8 Å². The molecule has 1 aliphatic heterocycles.